The number of aromatic nitrogens is 1. The summed E-state index contributed by atoms with van der Waals surface area (Å²) in [6.45, 7) is 1.38. The summed E-state index contributed by atoms with van der Waals surface area (Å²) in [7, 11) is 0. The summed E-state index contributed by atoms with van der Waals surface area (Å²) in [6.07, 6.45) is 2.42. The maximum Gasteiger partial charge on any atom is 0.244 e. The smallest absolute Gasteiger partial charge is 0.244 e. The Morgan fingerprint density at radius 2 is 1.78 bits per heavy atom. The van der Waals surface area contributed by atoms with E-state index in [2.05, 4.69) is 10.3 Å². The van der Waals surface area contributed by atoms with Crippen molar-refractivity contribution in [3.8, 4) is 0 Å². The summed E-state index contributed by atoms with van der Waals surface area (Å²) in [4.78, 5) is 28.5. The molecule has 2 amide bonds. The van der Waals surface area contributed by atoms with Crippen LogP contribution in [0.2, 0.25) is 0 Å². The minimum atomic E-state index is -0.864. The van der Waals surface area contributed by atoms with Crippen molar-refractivity contribution in [3.63, 3.8) is 0 Å². The normalized spacial score (nSPS) is 10.8. The highest BCUT2D eigenvalue weighted by atomic mass is 19.1. The van der Waals surface area contributed by atoms with Gasteiger partial charge in [-0.25, -0.2) is 8.78 Å². The van der Waals surface area contributed by atoms with Crippen LogP contribution in [0.4, 0.5) is 14.5 Å². The number of para-hydroxylation sites is 2. The lowest BCUT2D eigenvalue weighted by Gasteiger charge is -2.20. The van der Waals surface area contributed by atoms with E-state index in [-0.39, 0.29) is 12.5 Å². The van der Waals surface area contributed by atoms with Gasteiger partial charge in [0.15, 0.2) is 0 Å². The van der Waals surface area contributed by atoms with Gasteiger partial charge in [-0.3, -0.25) is 9.59 Å². The number of fused-ring (bicyclic) bond motifs is 1. The summed E-state index contributed by atoms with van der Waals surface area (Å²) in [6, 6.07) is 11.1. The van der Waals surface area contributed by atoms with Crippen LogP contribution in [0, 0.1) is 11.6 Å². The number of H-pyrrole nitrogens is 1. The largest absolute Gasteiger partial charge is 0.361 e. The summed E-state index contributed by atoms with van der Waals surface area (Å²) < 4.78 is 27.3. The lowest BCUT2D eigenvalue weighted by molar-refractivity contribution is -0.132. The summed E-state index contributed by atoms with van der Waals surface area (Å²) in [5, 5.41) is 3.25. The first-order valence-corrected chi connectivity index (χ1v) is 8.50. The number of nitrogens with zero attached hydrogens (tertiary/aromatic N) is 1. The van der Waals surface area contributed by atoms with Gasteiger partial charge in [-0.15, -0.1) is 0 Å². The molecule has 0 aliphatic heterocycles. The second-order valence-corrected chi connectivity index (χ2v) is 6.19. The average Bonchev–Trinajstić information content (AvgIpc) is 3.05. The molecular weight excluding hydrogens is 352 g/mol. The molecule has 0 bridgehead atoms. The molecule has 0 saturated heterocycles. The Balaban J connectivity index is 1.65. The van der Waals surface area contributed by atoms with E-state index in [0.29, 0.717) is 13.0 Å². The van der Waals surface area contributed by atoms with Crippen LogP contribution in [0.1, 0.15) is 12.5 Å². The van der Waals surface area contributed by atoms with Gasteiger partial charge in [0.25, 0.3) is 0 Å². The number of rotatable bonds is 6. The van der Waals surface area contributed by atoms with E-state index in [1.807, 2.05) is 30.5 Å². The molecule has 0 aliphatic carbocycles. The fourth-order valence-corrected chi connectivity index (χ4v) is 2.91. The zero-order valence-corrected chi connectivity index (χ0v) is 14.8. The molecular formula is C20H19F2N3O2. The first-order chi connectivity index (χ1) is 13.0. The van der Waals surface area contributed by atoms with Gasteiger partial charge < -0.3 is 15.2 Å². The van der Waals surface area contributed by atoms with Crippen molar-refractivity contribution < 1.29 is 18.4 Å². The molecule has 27 heavy (non-hydrogen) atoms. The van der Waals surface area contributed by atoms with Crippen LogP contribution in [-0.4, -0.2) is 34.8 Å². The zero-order valence-electron chi connectivity index (χ0n) is 14.8. The van der Waals surface area contributed by atoms with E-state index in [4.69, 9.17) is 0 Å². The number of hydrogen-bond acceptors (Lipinski definition) is 2. The van der Waals surface area contributed by atoms with Crippen LogP contribution < -0.4 is 5.32 Å². The highest BCUT2D eigenvalue weighted by Gasteiger charge is 2.17. The summed E-state index contributed by atoms with van der Waals surface area (Å²) in [5.41, 5.74) is 1.51. The van der Waals surface area contributed by atoms with Gasteiger partial charge in [-0.05, 0) is 30.2 Å². The lowest BCUT2D eigenvalue weighted by atomic mass is 10.1. The number of anilines is 1. The average molecular weight is 371 g/mol. The van der Waals surface area contributed by atoms with E-state index in [1.165, 1.54) is 17.9 Å². The first kappa shape index (κ1) is 18.6. The number of hydrogen-bond donors (Lipinski definition) is 2. The van der Waals surface area contributed by atoms with Gasteiger partial charge in [0.1, 0.15) is 17.3 Å². The molecule has 1 heterocycles. The molecule has 7 heteroatoms. The number of benzene rings is 2. The standard InChI is InChI=1S/C20H19F2N3O2/c1-13(26)25(10-9-14-11-23-18-8-3-2-5-15(14)18)12-19(27)24-20-16(21)6-4-7-17(20)22/h2-8,11,23H,9-10,12H2,1H3,(H,24,27). The molecule has 2 aromatic carbocycles. The van der Waals surface area contributed by atoms with Crippen LogP contribution in [0.3, 0.4) is 0 Å². The summed E-state index contributed by atoms with van der Waals surface area (Å²) in [5.74, 6) is -2.68. The maximum absolute atomic E-state index is 13.7. The van der Waals surface area contributed by atoms with Crippen LogP contribution in [-0.2, 0) is 16.0 Å². The van der Waals surface area contributed by atoms with Crippen molar-refractivity contribution in [2.75, 3.05) is 18.4 Å². The Bertz CT molecular complexity index is 964. The van der Waals surface area contributed by atoms with E-state index >= 15 is 0 Å². The third kappa shape index (κ3) is 4.31. The Morgan fingerprint density at radius 3 is 2.48 bits per heavy atom. The lowest BCUT2D eigenvalue weighted by Crippen LogP contribution is -2.38. The van der Waals surface area contributed by atoms with Gasteiger partial charge >= 0.3 is 0 Å². The van der Waals surface area contributed by atoms with Gasteiger partial charge in [-0.2, -0.15) is 0 Å². The maximum atomic E-state index is 13.7. The number of halogens is 2. The molecule has 1 aromatic heterocycles. The number of nitrogens with one attached hydrogen (secondary N) is 2. The van der Waals surface area contributed by atoms with Crippen LogP contribution in [0.25, 0.3) is 10.9 Å². The molecule has 3 rings (SSSR count). The van der Waals surface area contributed by atoms with Crippen molar-refractivity contribution in [3.05, 3.63) is 65.9 Å². The monoisotopic (exact) mass is 371 g/mol. The molecule has 0 fully saturated rings. The molecule has 0 spiro atoms. The quantitative estimate of drug-likeness (QED) is 0.697. The topological polar surface area (TPSA) is 65.2 Å². The van der Waals surface area contributed by atoms with Crippen molar-refractivity contribution in [1.29, 1.82) is 0 Å². The van der Waals surface area contributed by atoms with Gasteiger partial charge in [0, 0.05) is 30.6 Å². The van der Waals surface area contributed by atoms with E-state index < -0.39 is 23.2 Å². The Labute approximate surface area is 155 Å². The highest BCUT2D eigenvalue weighted by Crippen LogP contribution is 2.19. The molecule has 2 N–H and O–H groups in total. The number of aromatic amines is 1. The third-order valence-corrected chi connectivity index (χ3v) is 4.33. The van der Waals surface area contributed by atoms with Gasteiger partial charge in [0.2, 0.25) is 11.8 Å². The van der Waals surface area contributed by atoms with Crippen molar-refractivity contribution in [1.82, 2.24) is 9.88 Å². The Morgan fingerprint density at radius 1 is 1.07 bits per heavy atom. The molecule has 0 atom stereocenters. The molecule has 140 valence electrons. The van der Waals surface area contributed by atoms with E-state index in [0.717, 1.165) is 28.6 Å². The number of amides is 2. The SMILES string of the molecule is CC(=O)N(CCc1c[nH]c2ccccc12)CC(=O)Nc1c(F)cccc1F. The fourth-order valence-electron chi connectivity index (χ4n) is 2.91. The van der Waals surface area contributed by atoms with Crippen LogP contribution in [0.15, 0.2) is 48.7 Å². The predicted molar refractivity (Wildman–Crippen MR) is 99.2 cm³/mol. The Hall–Kier alpha value is -3.22. The van der Waals surface area contributed by atoms with Crippen molar-refractivity contribution in [2.45, 2.75) is 13.3 Å². The van der Waals surface area contributed by atoms with Gasteiger partial charge in [-0.1, -0.05) is 24.3 Å². The fraction of sp³-hybridized carbons (Fsp3) is 0.200. The van der Waals surface area contributed by atoms with E-state index in [9.17, 15) is 18.4 Å². The number of carbonyl (C=O) groups is 2. The second-order valence-electron chi connectivity index (χ2n) is 6.19. The zero-order chi connectivity index (χ0) is 19.4. The van der Waals surface area contributed by atoms with Crippen molar-refractivity contribution >= 4 is 28.4 Å². The minimum absolute atomic E-state index is 0.286. The predicted octanol–water partition coefficient (Wildman–Crippen LogP) is 3.48. The molecule has 0 saturated carbocycles. The van der Waals surface area contributed by atoms with Crippen LogP contribution >= 0.6 is 0 Å². The van der Waals surface area contributed by atoms with Crippen molar-refractivity contribution in [2.24, 2.45) is 0 Å². The molecule has 3 aromatic rings. The number of carbonyl (C=O) groups excluding carboxylic acids is 2. The molecule has 0 unspecified atom stereocenters. The highest BCUT2D eigenvalue weighted by molar-refractivity contribution is 5.94. The third-order valence-electron chi connectivity index (χ3n) is 4.33. The molecule has 0 radical (unpaired) electrons. The van der Waals surface area contributed by atoms with Gasteiger partial charge in [0.05, 0.1) is 6.54 Å². The summed E-state index contributed by atoms with van der Waals surface area (Å²) >= 11 is 0. The first-order valence-electron chi connectivity index (χ1n) is 8.50. The molecule has 5 nitrogen and oxygen atoms in total. The second kappa shape index (κ2) is 7.99. The molecule has 0 aliphatic rings. The Kier molecular flexibility index (Phi) is 5.49. The minimum Gasteiger partial charge on any atom is -0.361 e. The van der Waals surface area contributed by atoms with Crippen LogP contribution in [0.5, 0.6) is 0 Å². The van der Waals surface area contributed by atoms with E-state index in [1.54, 1.807) is 0 Å².